The van der Waals surface area contributed by atoms with E-state index < -0.39 is 11.7 Å². The van der Waals surface area contributed by atoms with Gasteiger partial charge in [-0.3, -0.25) is 5.32 Å². The third kappa shape index (κ3) is 6.46. The van der Waals surface area contributed by atoms with Gasteiger partial charge in [-0.05, 0) is 75.7 Å². The molecule has 1 aromatic heterocycles. The lowest BCUT2D eigenvalue weighted by atomic mass is 10.0. The minimum Gasteiger partial charge on any atom is -0.444 e. The molecule has 166 valence electrons. The molecule has 8 heteroatoms. The van der Waals surface area contributed by atoms with Crippen LogP contribution in [0.3, 0.4) is 0 Å². The molecule has 0 aliphatic rings. The zero-order valence-corrected chi connectivity index (χ0v) is 18.9. The SMILES string of the molecule is Cc1nc(N=C(N)Nc2c#cccc2C#N)ccc1-c1ccc(NC(=O)OC(C)(C)C)cc1. The summed E-state index contributed by atoms with van der Waals surface area (Å²) in [6.07, 6.45) is -0.505. The summed E-state index contributed by atoms with van der Waals surface area (Å²) >= 11 is 0. The highest BCUT2D eigenvalue weighted by Crippen LogP contribution is 2.26. The standard InChI is InChI=1S/C25H24N6O2/c1-16-20(17-9-11-19(12-10-17)29-24(32)33-25(2,3)4)13-14-22(28-16)31-23(27)30-21-8-6-5-7-18(21)15-26/h5,7,9-14H,1-4H3,(H,29,32)(H3,27,28,30,31). The quantitative estimate of drug-likeness (QED) is 0.390. The molecule has 0 unspecified atom stereocenters. The third-order valence-electron chi connectivity index (χ3n) is 4.32. The lowest BCUT2D eigenvalue weighted by Gasteiger charge is -2.19. The van der Waals surface area contributed by atoms with Crippen LogP contribution in [-0.2, 0) is 4.74 Å². The van der Waals surface area contributed by atoms with Gasteiger partial charge in [0.05, 0.1) is 5.56 Å². The number of nitriles is 1. The number of nitrogens with zero attached hydrogens (tertiary/aromatic N) is 3. The van der Waals surface area contributed by atoms with Crippen LogP contribution in [0.5, 0.6) is 0 Å². The molecule has 1 heterocycles. The number of hydrogen-bond donors (Lipinski definition) is 3. The van der Waals surface area contributed by atoms with E-state index in [4.69, 9.17) is 15.7 Å². The number of nitrogens with two attached hydrogens (primary N) is 1. The molecule has 4 N–H and O–H groups in total. The van der Waals surface area contributed by atoms with Gasteiger partial charge in [0.15, 0.2) is 11.8 Å². The number of nitrogens with one attached hydrogen (secondary N) is 2. The summed E-state index contributed by atoms with van der Waals surface area (Å²) in [5, 5.41) is 14.7. The molecule has 0 aliphatic heterocycles. The van der Waals surface area contributed by atoms with Crippen LogP contribution in [0.2, 0.25) is 0 Å². The van der Waals surface area contributed by atoms with E-state index in [1.54, 1.807) is 30.3 Å². The Labute approximate surface area is 193 Å². The average molecular weight is 441 g/mol. The first kappa shape index (κ1) is 23.1. The van der Waals surface area contributed by atoms with Crippen LogP contribution in [0.15, 0.2) is 53.5 Å². The number of amides is 1. The summed E-state index contributed by atoms with van der Waals surface area (Å²) in [4.78, 5) is 20.7. The lowest BCUT2D eigenvalue weighted by Crippen LogP contribution is -2.27. The minimum atomic E-state index is -0.564. The second kappa shape index (κ2) is 9.71. The maximum atomic E-state index is 11.9. The minimum absolute atomic E-state index is 0.0829. The molecule has 0 atom stereocenters. The first-order valence-corrected chi connectivity index (χ1v) is 10.2. The van der Waals surface area contributed by atoms with E-state index >= 15 is 0 Å². The van der Waals surface area contributed by atoms with Gasteiger partial charge in [0, 0.05) is 16.9 Å². The highest BCUT2D eigenvalue weighted by Gasteiger charge is 2.16. The molecule has 0 bridgehead atoms. The first-order valence-electron chi connectivity index (χ1n) is 10.2. The number of benzene rings is 1. The third-order valence-corrected chi connectivity index (χ3v) is 4.32. The summed E-state index contributed by atoms with van der Waals surface area (Å²) < 4.78 is 5.26. The fourth-order valence-electron chi connectivity index (χ4n) is 2.93. The molecule has 2 aromatic carbocycles. The van der Waals surface area contributed by atoms with Crippen LogP contribution in [0.1, 0.15) is 32.0 Å². The first-order chi connectivity index (χ1) is 15.6. The topological polar surface area (TPSA) is 125 Å². The smallest absolute Gasteiger partial charge is 0.412 e. The van der Waals surface area contributed by atoms with Crippen molar-refractivity contribution in [2.24, 2.45) is 10.7 Å². The zero-order valence-electron chi connectivity index (χ0n) is 18.9. The van der Waals surface area contributed by atoms with Crippen LogP contribution in [0, 0.1) is 30.4 Å². The number of pyridine rings is 1. The number of ether oxygens (including phenoxy) is 1. The van der Waals surface area contributed by atoms with Gasteiger partial charge in [-0.1, -0.05) is 18.2 Å². The molecule has 33 heavy (non-hydrogen) atoms. The summed E-state index contributed by atoms with van der Waals surface area (Å²) in [6.45, 7) is 7.31. The van der Waals surface area contributed by atoms with Crippen molar-refractivity contribution in [3.8, 4) is 17.2 Å². The van der Waals surface area contributed by atoms with Crippen molar-refractivity contribution in [2.75, 3.05) is 10.6 Å². The molecule has 0 spiro atoms. The fourth-order valence-corrected chi connectivity index (χ4v) is 2.93. The van der Waals surface area contributed by atoms with E-state index in [-0.39, 0.29) is 5.96 Å². The van der Waals surface area contributed by atoms with Gasteiger partial charge in [-0.2, -0.15) is 10.3 Å². The van der Waals surface area contributed by atoms with E-state index in [1.807, 2.05) is 45.9 Å². The molecule has 3 aromatic rings. The Morgan fingerprint density at radius 3 is 2.52 bits per heavy atom. The van der Waals surface area contributed by atoms with E-state index in [9.17, 15) is 4.79 Å². The van der Waals surface area contributed by atoms with Crippen LogP contribution in [0.25, 0.3) is 11.1 Å². The number of anilines is 2. The molecule has 0 saturated heterocycles. The van der Waals surface area contributed by atoms with E-state index in [2.05, 4.69) is 38.8 Å². The molecule has 0 saturated carbocycles. The monoisotopic (exact) mass is 440 g/mol. The zero-order chi connectivity index (χ0) is 24.0. The number of carbonyl (C=O) groups excluding carboxylic acids is 1. The predicted octanol–water partition coefficient (Wildman–Crippen LogP) is 4.93. The van der Waals surface area contributed by atoms with Gasteiger partial charge in [-0.15, -0.1) is 0 Å². The molecule has 0 fully saturated rings. The Hall–Kier alpha value is -4.56. The number of carbonyl (C=O) groups is 1. The van der Waals surface area contributed by atoms with Crippen molar-refractivity contribution in [2.45, 2.75) is 33.3 Å². The molecule has 8 nitrogen and oxygen atoms in total. The lowest BCUT2D eigenvalue weighted by molar-refractivity contribution is 0.0636. The molecular formula is C25H24N6O2. The van der Waals surface area contributed by atoms with Crippen molar-refractivity contribution in [3.63, 3.8) is 0 Å². The fraction of sp³-hybridized carbons (Fsp3) is 0.200. The van der Waals surface area contributed by atoms with E-state index in [0.717, 1.165) is 16.8 Å². The number of aliphatic imine (C=N–C) groups is 1. The Morgan fingerprint density at radius 2 is 1.88 bits per heavy atom. The van der Waals surface area contributed by atoms with Crippen molar-refractivity contribution >= 4 is 29.2 Å². The summed E-state index contributed by atoms with van der Waals surface area (Å²) in [5.74, 6) is 0.502. The van der Waals surface area contributed by atoms with Crippen LogP contribution in [0.4, 0.5) is 22.0 Å². The van der Waals surface area contributed by atoms with Crippen molar-refractivity contribution in [1.29, 1.82) is 5.26 Å². The van der Waals surface area contributed by atoms with Gasteiger partial charge < -0.3 is 15.8 Å². The number of aromatic nitrogens is 1. The highest BCUT2D eigenvalue weighted by atomic mass is 16.6. The Morgan fingerprint density at radius 1 is 1.15 bits per heavy atom. The number of aryl methyl sites for hydroxylation is 1. The Balaban J connectivity index is 1.72. The van der Waals surface area contributed by atoms with Crippen LogP contribution < -0.4 is 16.4 Å². The molecular weight excluding hydrogens is 416 g/mol. The normalized spacial score (nSPS) is 11.2. The second-order valence-corrected chi connectivity index (χ2v) is 8.13. The van der Waals surface area contributed by atoms with Crippen molar-refractivity contribution in [3.05, 3.63) is 71.9 Å². The maximum absolute atomic E-state index is 11.9. The molecule has 3 rings (SSSR count). The largest absolute Gasteiger partial charge is 0.444 e. The van der Waals surface area contributed by atoms with Crippen molar-refractivity contribution in [1.82, 2.24) is 4.98 Å². The van der Waals surface area contributed by atoms with Gasteiger partial charge in [-0.25, -0.2) is 9.78 Å². The van der Waals surface area contributed by atoms with E-state index in [1.165, 1.54) is 0 Å². The Bertz CT molecular complexity index is 1220. The van der Waals surface area contributed by atoms with Gasteiger partial charge in [0.2, 0.25) is 0 Å². The van der Waals surface area contributed by atoms with Gasteiger partial charge in [0.25, 0.3) is 0 Å². The molecule has 0 radical (unpaired) electrons. The van der Waals surface area contributed by atoms with Gasteiger partial charge >= 0.3 is 6.09 Å². The molecule has 0 aliphatic carbocycles. The maximum Gasteiger partial charge on any atom is 0.412 e. The number of rotatable bonds is 4. The number of guanidine groups is 1. The highest BCUT2D eigenvalue weighted by molar-refractivity contribution is 5.94. The molecule has 1 amide bonds. The number of hydrogen-bond acceptors (Lipinski definition) is 5. The van der Waals surface area contributed by atoms with Crippen molar-refractivity contribution < 1.29 is 9.53 Å². The summed E-state index contributed by atoms with van der Waals surface area (Å²) in [6, 6.07) is 21.8. The summed E-state index contributed by atoms with van der Waals surface area (Å²) in [5.41, 5.74) is 9.43. The van der Waals surface area contributed by atoms with E-state index in [0.29, 0.717) is 22.8 Å². The summed E-state index contributed by atoms with van der Waals surface area (Å²) in [7, 11) is 0. The second-order valence-electron chi connectivity index (χ2n) is 8.13. The predicted molar refractivity (Wildman–Crippen MR) is 128 cm³/mol. The van der Waals surface area contributed by atoms with Gasteiger partial charge in [0.1, 0.15) is 17.4 Å². The van der Waals surface area contributed by atoms with Crippen LogP contribution >= 0.6 is 0 Å². The Kier molecular flexibility index (Phi) is 6.80. The average Bonchev–Trinajstić information content (AvgIpc) is 2.73. The van der Waals surface area contributed by atoms with Crippen LogP contribution in [-0.4, -0.2) is 22.6 Å².